The van der Waals surface area contributed by atoms with E-state index in [1.54, 1.807) is 37.4 Å². The Balaban J connectivity index is 2.05. The van der Waals surface area contributed by atoms with Gasteiger partial charge in [-0.25, -0.2) is 4.79 Å². The molecule has 10 heteroatoms. The van der Waals surface area contributed by atoms with Gasteiger partial charge in [-0.05, 0) is 38.1 Å². The van der Waals surface area contributed by atoms with Crippen molar-refractivity contribution in [2.45, 2.75) is 25.5 Å². The number of fused-ring (bicyclic) bond motifs is 3. The van der Waals surface area contributed by atoms with Crippen molar-refractivity contribution < 1.29 is 14.9 Å². The predicted molar refractivity (Wildman–Crippen MR) is 135 cm³/mol. The van der Waals surface area contributed by atoms with Gasteiger partial charge < -0.3 is 19.5 Å². The quantitative estimate of drug-likeness (QED) is 0.388. The molecule has 0 saturated carbocycles. The Morgan fingerprint density at radius 1 is 1.06 bits per heavy atom. The Morgan fingerprint density at radius 2 is 1.77 bits per heavy atom. The minimum atomic E-state index is -0.879. The average molecular weight is 516 g/mol. The number of rotatable bonds is 2. The summed E-state index contributed by atoms with van der Waals surface area (Å²) in [5.41, 5.74) is 0.588. The summed E-state index contributed by atoms with van der Waals surface area (Å²) < 4.78 is 10.6. The second kappa shape index (κ2) is 7.91. The van der Waals surface area contributed by atoms with Crippen molar-refractivity contribution >= 4 is 34.1 Å². The van der Waals surface area contributed by atoms with Crippen molar-refractivity contribution in [3.63, 3.8) is 0 Å². The molecule has 1 atom stereocenters. The van der Waals surface area contributed by atoms with Crippen LogP contribution in [0.5, 0.6) is 11.5 Å². The van der Waals surface area contributed by atoms with Crippen LogP contribution in [0, 0.1) is 0 Å². The lowest BCUT2D eigenvalue weighted by molar-refractivity contribution is -0.00810. The summed E-state index contributed by atoms with van der Waals surface area (Å²) in [6.45, 7) is 4.11. The van der Waals surface area contributed by atoms with Gasteiger partial charge in [0, 0.05) is 30.2 Å². The van der Waals surface area contributed by atoms with Gasteiger partial charge in [0.25, 0.3) is 5.56 Å². The SMILES string of the molecule is Cn1c(=O)c2c(-c3ccc(Cl)cc3Cl)n3c(c2n(C)c1=O)[C@H](c1cccc(O)c1O)OCC3(C)C. The van der Waals surface area contributed by atoms with E-state index in [1.807, 2.05) is 18.4 Å². The van der Waals surface area contributed by atoms with Crippen LogP contribution in [0.4, 0.5) is 0 Å². The fourth-order valence-electron chi connectivity index (χ4n) is 4.93. The van der Waals surface area contributed by atoms with Crippen molar-refractivity contribution in [1.82, 2.24) is 13.7 Å². The molecule has 4 aromatic rings. The number of benzene rings is 2. The Hall–Kier alpha value is -3.20. The van der Waals surface area contributed by atoms with E-state index < -0.39 is 22.9 Å². The maximum atomic E-state index is 13.6. The number of phenols is 2. The number of hydrogen-bond donors (Lipinski definition) is 2. The molecule has 8 nitrogen and oxygen atoms in total. The van der Waals surface area contributed by atoms with Crippen LogP contribution in [0.3, 0.4) is 0 Å². The van der Waals surface area contributed by atoms with Gasteiger partial charge in [0.15, 0.2) is 11.5 Å². The zero-order valence-electron chi connectivity index (χ0n) is 19.5. The fraction of sp³-hybridized carbons (Fsp3) is 0.280. The van der Waals surface area contributed by atoms with Crippen molar-refractivity contribution in [2.24, 2.45) is 14.1 Å². The third-order valence-electron chi connectivity index (χ3n) is 6.58. The highest BCUT2D eigenvalue weighted by Gasteiger charge is 2.42. The molecule has 0 unspecified atom stereocenters. The maximum Gasteiger partial charge on any atom is 0.331 e. The highest BCUT2D eigenvalue weighted by molar-refractivity contribution is 6.36. The lowest BCUT2D eigenvalue weighted by Gasteiger charge is -2.39. The van der Waals surface area contributed by atoms with Crippen molar-refractivity contribution in [3.8, 4) is 22.8 Å². The lowest BCUT2D eigenvalue weighted by Crippen LogP contribution is -2.40. The van der Waals surface area contributed by atoms with Gasteiger partial charge in [0.1, 0.15) is 6.10 Å². The number of hydrogen-bond acceptors (Lipinski definition) is 5. The van der Waals surface area contributed by atoms with Crippen LogP contribution in [-0.2, 0) is 24.4 Å². The minimum absolute atomic E-state index is 0.215. The second-order valence-electron chi connectivity index (χ2n) is 9.34. The summed E-state index contributed by atoms with van der Waals surface area (Å²) in [7, 11) is 3.01. The number of phenolic OH excluding ortho intramolecular Hbond substituents is 2. The van der Waals surface area contributed by atoms with E-state index in [9.17, 15) is 19.8 Å². The first kappa shape index (κ1) is 23.5. The average Bonchev–Trinajstić information content (AvgIpc) is 3.16. The molecule has 1 aliphatic rings. The van der Waals surface area contributed by atoms with Crippen LogP contribution in [0.1, 0.15) is 31.2 Å². The summed E-state index contributed by atoms with van der Waals surface area (Å²) in [6.07, 6.45) is -0.879. The molecule has 2 aromatic carbocycles. The molecule has 182 valence electrons. The predicted octanol–water partition coefficient (Wildman–Crippen LogP) is 4.28. The van der Waals surface area contributed by atoms with Crippen LogP contribution >= 0.6 is 23.2 Å². The maximum absolute atomic E-state index is 13.6. The Kier molecular flexibility index (Phi) is 5.32. The highest BCUT2D eigenvalue weighted by atomic mass is 35.5. The molecule has 35 heavy (non-hydrogen) atoms. The first-order valence-electron chi connectivity index (χ1n) is 10.9. The summed E-state index contributed by atoms with van der Waals surface area (Å²) >= 11 is 12.8. The number of aryl methyl sites for hydroxylation is 1. The Morgan fingerprint density at radius 3 is 2.46 bits per heavy atom. The normalized spacial score (nSPS) is 17.0. The van der Waals surface area contributed by atoms with Crippen LogP contribution in [0.15, 0.2) is 46.0 Å². The van der Waals surface area contributed by atoms with Crippen LogP contribution in [-0.4, -0.2) is 30.5 Å². The fourth-order valence-corrected chi connectivity index (χ4v) is 5.43. The van der Waals surface area contributed by atoms with Crippen molar-refractivity contribution in [2.75, 3.05) is 6.61 Å². The molecule has 5 rings (SSSR count). The number of nitrogens with zero attached hydrogens (tertiary/aromatic N) is 3. The zero-order valence-corrected chi connectivity index (χ0v) is 21.0. The minimum Gasteiger partial charge on any atom is -0.504 e. The number of aromatic nitrogens is 3. The van der Waals surface area contributed by atoms with E-state index in [4.69, 9.17) is 27.9 Å². The van der Waals surface area contributed by atoms with Gasteiger partial charge in [-0.1, -0.05) is 35.3 Å². The van der Waals surface area contributed by atoms with E-state index in [1.165, 1.54) is 17.7 Å². The van der Waals surface area contributed by atoms with E-state index in [2.05, 4.69) is 0 Å². The highest BCUT2D eigenvalue weighted by Crippen LogP contribution is 2.49. The van der Waals surface area contributed by atoms with E-state index >= 15 is 0 Å². The molecule has 1 aliphatic heterocycles. The number of halogens is 2. The molecule has 0 radical (unpaired) electrons. The Bertz CT molecular complexity index is 1650. The standard InChI is InChI=1S/C25H23Cl2N3O5/c1-25(2)11-35-22(14-6-5-7-16(31)21(14)32)20-19-17(23(33)29(4)24(34)28(19)3)18(30(20)25)13-9-8-12(26)10-15(13)27/h5-10,22,31-32H,11H2,1-4H3/t22-/m0/s1. The van der Waals surface area contributed by atoms with Gasteiger partial charge in [-0.3, -0.25) is 13.9 Å². The van der Waals surface area contributed by atoms with Gasteiger partial charge in [0.2, 0.25) is 0 Å². The second-order valence-corrected chi connectivity index (χ2v) is 10.2. The van der Waals surface area contributed by atoms with Crippen LogP contribution < -0.4 is 11.2 Å². The smallest absolute Gasteiger partial charge is 0.331 e. The summed E-state index contributed by atoms with van der Waals surface area (Å²) in [4.78, 5) is 26.6. The molecule has 0 spiro atoms. The number of para-hydroxylation sites is 1. The van der Waals surface area contributed by atoms with Crippen molar-refractivity contribution in [3.05, 3.63) is 78.5 Å². The Labute approximate surface area is 210 Å². The van der Waals surface area contributed by atoms with Crippen molar-refractivity contribution in [1.29, 1.82) is 0 Å². The lowest BCUT2D eigenvalue weighted by atomic mass is 9.97. The molecule has 3 heterocycles. The van der Waals surface area contributed by atoms with Crippen LogP contribution in [0.2, 0.25) is 10.0 Å². The number of aromatic hydroxyl groups is 2. The monoisotopic (exact) mass is 515 g/mol. The largest absolute Gasteiger partial charge is 0.504 e. The summed E-state index contributed by atoms with van der Waals surface area (Å²) in [5, 5.41) is 21.9. The molecule has 2 aromatic heterocycles. The molecular formula is C25H23Cl2N3O5. The molecule has 0 fully saturated rings. The molecular weight excluding hydrogens is 493 g/mol. The molecule has 0 bridgehead atoms. The molecule has 0 amide bonds. The van der Waals surface area contributed by atoms with Crippen LogP contribution in [0.25, 0.3) is 22.2 Å². The van der Waals surface area contributed by atoms with E-state index in [0.29, 0.717) is 38.1 Å². The number of ether oxygens (including phenoxy) is 1. The molecule has 2 N–H and O–H groups in total. The zero-order chi connectivity index (χ0) is 25.4. The summed E-state index contributed by atoms with van der Waals surface area (Å²) in [5.74, 6) is -0.637. The first-order valence-corrected chi connectivity index (χ1v) is 11.6. The topological polar surface area (TPSA) is 98.6 Å². The molecule has 0 aliphatic carbocycles. The third kappa shape index (κ3) is 3.31. The molecule has 0 saturated heterocycles. The first-order chi connectivity index (χ1) is 16.5. The summed E-state index contributed by atoms with van der Waals surface area (Å²) in [6, 6.07) is 9.62. The van der Waals surface area contributed by atoms with Gasteiger partial charge in [0.05, 0.1) is 39.5 Å². The van der Waals surface area contributed by atoms with E-state index in [-0.39, 0.29) is 23.5 Å². The third-order valence-corrected chi connectivity index (χ3v) is 7.13. The van der Waals surface area contributed by atoms with Gasteiger partial charge >= 0.3 is 5.69 Å². The van der Waals surface area contributed by atoms with Gasteiger partial charge in [-0.2, -0.15) is 0 Å². The van der Waals surface area contributed by atoms with Gasteiger partial charge in [-0.15, -0.1) is 0 Å². The van der Waals surface area contributed by atoms with E-state index in [0.717, 1.165) is 4.57 Å².